The summed E-state index contributed by atoms with van der Waals surface area (Å²) in [5.74, 6) is 0. The molecule has 0 aliphatic rings. The lowest BCUT2D eigenvalue weighted by Crippen LogP contribution is -2.35. The van der Waals surface area contributed by atoms with Gasteiger partial charge in [0.2, 0.25) is 0 Å². The molecule has 0 fully saturated rings. The van der Waals surface area contributed by atoms with Gasteiger partial charge in [0.1, 0.15) is 0 Å². The number of hydrogen-bond acceptors (Lipinski definition) is 4. The minimum Gasteiger partial charge on any atom is -0.388 e. The number of hydrogen-bond donors (Lipinski definition) is 2. The van der Waals surface area contributed by atoms with Crippen LogP contribution in [0.5, 0.6) is 0 Å². The Bertz CT molecular complexity index is 490. The number of nitro groups is 1. The molecular weight excluding hydrogens is 254 g/mol. The topological polar surface area (TPSA) is 67.2 Å². The predicted octanol–water partition coefficient (Wildman–Crippen LogP) is 4.26. The van der Waals surface area contributed by atoms with Gasteiger partial charge in [0.15, 0.2) is 0 Å². The van der Waals surface area contributed by atoms with Crippen LogP contribution in [-0.2, 0) is 0 Å². The van der Waals surface area contributed by atoms with Gasteiger partial charge in [-0.15, -0.1) is 0 Å². The molecular formula is C15H25N3O2. The average molecular weight is 279 g/mol. The van der Waals surface area contributed by atoms with Crippen molar-refractivity contribution in [3.8, 4) is 0 Å². The lowest BCUT2D eigenvalue weighted by Gasteiger charge is -2.34. The monoisotopic (exact) mass is 279 g/mol. The Morgan fingerprint density at radius 1 is 1.10 bits per heavy atom. The van der Waals surface area contributed by atoms with Crippen molar-refractivity contribution in [3.05, 3.63) is 28.3 Å². The molecule has 0 aromatic heterocycles. The molecule has 0 saturated heterocycles. The van der Waals surface area contributed by atoms with Gasteiger partial charge < -0.3 is 10.6 Å². The molecule has 112 valence electrons. The summed E-state index contributed by atoms with van der Waals surface area (Å²) in [4.78, 5) is 10.6. The summed E-state index contributed by atoms with van der Waals surface area (Å²) in [6.07, 6.45) is 0.956. The maximum atomic E-state index is 11.0. The molecule has 0 bridgehead atoms. The van der Waals surface area contributed by atoms with Crippen LogP contribution in [0.1, 0.15) is 41.0 Å². The third-order valence-corrected chi connectivity index (χ3v) is 2.87. The number of nitrogens with zero attached hydrogens (tertiary/aromatic N) is 1. The van der Waals surface area contributed by atoms with Gasteiger partial charge in [-0.2, -0.15) is 0 Å². The third-order valence-electron chi connectivity index (χ3n) is 2.87. The van der Waals surface area contributed by atoms with Crippen molar-refractivity contribution >= 4 is 17.1 Å². The zero-order valence-electron chi connectivity index (χ0n) is 13.2. The molecule has 0 aliphatic heterocycles. The number of nitro benzene ring substituents is 1. The van der Waals surface area contributed by atoms with Crippen LogP contribution in [-0.4, -0.2) is 17.5 Å². The minimum atomic E-state index is -0.372. The van der Waals surface area contributed by atoms with Gasteiger partial charge in [0.25, 0.3) is 5.69 Å². The molecule has 0 unspecified atom stereocenters. The second-order valence-electron chi connectivity index (χ2n) is 7.02. The van der Waals surface area contributed by atoms with E-state index in [1.165, 1.54) is 6.07 Å². The first kappa shape index (κ1) is 16.3. The molecule has 1 rings (SSSR count). The first-order valence-electron chi connectivity index (χ1n) is 6.78. The van der Waals surface area contributed by atoms with E-state index in [4.69, 9.17) is 0 Å². The highest BCUT2D eigenvalue weighted by Crippen LogP contribution is 2.32. The minimum absolute atomic E-state index is 0.0888. The molecule has 0 amide bonds. The van der Waals surface area contributed by atoms with Crippen molar-refractivity contribution in [2.24, 2.45) is 5.41 Å². The maximum Gasteiger partial charge on any atom is 0.273 e. The number of benzene rings is 1. The maximum absolute atomic E-state index is 11.0. The van der Waals surface area contributed by atoms with Gasteiger partial charge in [-0.25, -0.2) is 0 Å². The molecule has 2 N–H and O–H groups in total. The van der Waals surface area contributed by atoms with E-state index < -0.39 is 0 Å². The van der Waals surface area contributed by atoms with Crippen LogP contribution in [0.2, 0.25) is 0 Å². The average Bonchev–Trinajstić information content (AvgIpc) is 2.24. The molecule has 20 heavy (non-hydrogen) atoms. The Hall–Kier alpha value is -1.78. The second-order valence-corrected chi connectivity index (χ2v) is 7.02. The van der Waals surface area contributed by atoms with Crippen molar-refractivity contribution in [1.29, 1.82) is 0 Å². The molecule has 0 atom stereocenters. The number of rotatable bonds is 5. The standard InChI is InChI=1S/C15H25N3O2/c1-14(2,3)10-15(4,5)17-12-7-11(16-6)8-13(9-12)18(19)20/h7-9,16-17H,10H2,1-6H3. The fraction of sp³-hybridized carbons (Fsp3) is 0.600. The Morgan fingerprint density at radius 3 is 2.10 bits per heavy atom. The van der Waals surface area contributed by atoms with E-state index in [2.05, 4.69) is 45.3 Å². The lowest BCUT2D eigenvalue weighted by molar-refractivity contribution is -0.384. The summed E-state index contributed by atoms with van der Waals surface area (Å²) in [5.41, 5.74) is 1.62. The molecule has 0 spiro atoms. The van der Waals surface area contributed by atoms with Gasteiger partial charge in [-0.1, -0.05) is 20.8 Å². The highest BCUT2D eigenvalue weighted by atomic mass is 16.6. The molecule has 5 nitrogen and oxygen atoms in total. The van der Waals surface area contributed by atoms with E-state index in [0.717, 1.165) is 17.8 Å². The highest BCUT2D eigenvalue weighted by Gasteiger charge is 2.25. The predicted molar refractivity (Wildman–Crippen MR) is 84.4 cm³/mol. The molecule has 0 aliphatic carbocycles. The van der Waals surface area contributed by atoms with Crippen LogP contribution in [0, 0.1) is 15.5 Å². The molecule has 0 saturated carbocycles. The van der Waals surface area contributed by atoms with E-state index in [0.29, 0.717) is 0 Å². The quantitative estimate of drug-likeness (QED) is 0.624. The van der Waals surface area contributed by atoms with E-state index in [1.54, 1.807) is 13.1 Å². The summed E-state index contributed by atoms with van der Waals surface area (Å²) in [6.45, 7) is 10.8. The van der Waals surface area contributed by atoms with Crippen molar-refractivity contribution in [3.63, 3.8) is 0 Å². The summed E-state index contributed by atoms with van der Waals surface area (Å²) in [6, 6.07) is 4.99. The van der Waals surface area contributed by atoms with Gasteiger partial charge in [-0.3, -0.25) is 10.1 Å². The Morgan fingerprint density at radius 2 is 1.65 bits per heavy atom. The fourth-order valence-electron chi connectivity index (χ4n) is 2.69. The number of nitrogens with one attached hydrogen (secondary N) is 2. The van der Waals surface area contributed by atoms with Gasteiger partial charge in [0, 0.05) is 36.1 Å². The van der Waals surface area contributed by atoms with Crippen molar-refractivity contribution < 1.29 is 4.92 Å². The van der Waals surface area contributed by atoms with E-state index >= 15 is 0 Å². The fourth-order valence-corrected chi connectivity index (χ4v) is 2.69. The van der Waals surface area contributed by atoms with Gasteiger partial charge >= 0.3 is 0 Å². The van der Waals surface area contributed by atoms with E-state index in [9.17, 15) is 10.1 Å². The normalized spacial score (nSPS) is 12.1. The van der Waals surface area contributed by atoms with Crippen LogP contribution < -0.4 is 10.6 Å². The second kappa shape index (κ2) is 5.69. The lowest BCUT2D eigenvalue weighted by atomic mass is 9.81. The number of non-ortho nitro benzene ring substituents is 1. The van der Waals surface area contributed by atoms with Crippen LogP contribution >= 0.6 is 0 Å². The van der Waals surface area contributed by atoms with Crippen molar-refractivity contribution in [2.75, 3.05) is 17.7 Å². The van der Waals surface area contributed by atoms with E-state index in [-0.39, 0.29) is 21.6 Å². The van der Waals surface area contributed by atoms with E-state index in [1.807, 2.05) is 6.07 Å². The first-order chi connectivity index (χ1) is 9.02. The van der Waals surface area contributed by atoms with Crippen LogP contribution in [0.15, 0.2) is 18.2 Å². The summed E-state index contributed by atoms with van der Waals surface area (Å²) >= 11 is 0. The SMILES string of the molecule is CNc1cc(NC(C)(C)CC(C)(C)C)cc([N+](=O)[O-])c1. The highest BCUT2D eigenvalue weighted by molar-refractivity contribution is 5.63. The zero-order valence-corrected chi connectivity index (χ0v) is 13.2. The van der Waals surface area contributed by atoms with Gasteiger partial charge in [-0.05, 0) is 31.7 Å². The first-order valence-corrected chi connectivity index (χ1v) is 6.78. The smallest absolute Gasteiger partial charge is 0.273 e. The van der Waals surface area contributed by atoms with Crippen LogP contribution in [0.4, 0.5) is 17.1 Å². The van der Waals surface area contributed by atoms with Crippen molar-refractivity contribution in [2.45, 2.75) is 46.6 Å². The largest absolute Gasteiger partial charge is 0.388 e. The summed E-state index contributed by atoms with van der Waals surface area (Å²) in [5, 5.41) is 17.3. The number of anilines is 2. The molecule has 5 heteroatoms. The zero-order chi connectivity index (χ0) is 15.6. The van der Waals surface area contributed by atoms with Gasteiger partial charge in [0.05, 0.1) is 4.92 Å². The summed E-state index contributed by atoms with van der Waals surface area (Å²) < 4.78 is 0. The Kier molecular flexibility index (Phi) is 4.63. The summed E-state index contributed by atoms with van der Waals surface area (Å²) in [7, 11) is 1.75. The molecule has 0 heterocycles. The Labute approximate surface area is 120 Å². The molecule has 1 aromatic rings. The molecule has 1 aromatic carbocycles. The van der Waals surface area contributed by atoms with Crippen LogP contribution in [0.25, 0.3) is 0 Å². The van der Waals surface area contributed by atoms with Crippen molar-refractivity contribution in [1.82, 2.24) is 0 Å². The Balaban J connectivity index is 3.02. The third kappa shape index (κ3) is 5.07. The molecule has 0 radical (unpaired) electrons. The van der Waals surface area contributed by atoms with Crippen LogP contribution in [0.3, 0.4) is 0 Å².